The van der Waals surface area contributed by atoms with Gasteiger partial charge in [0.25, 0.3) is 0 Å². The van der Waals surface area contributed by atoms with Gasteiger partial charge in [-0.25, -0.2) is 0 Å². The Bertz CT molecular complexity index is 946. The zero-order chi connectivity index (χ0) is 15.9. The molecular weight excluding hydrogens is 298 g/mol. The summed E-state index contributed by atoms with van der Waals surface area (Å²) in [5, 5.41) is 12.2. The molecule has 0 aliphatic heterocycles. The number of hydrogen-bond donors (Lipinski definition) is 0. The standard InChI is InChI=1S/C17H15NO3S/c1-10-3-6-15-14(7-10)17(19)13-5-4-12(9-16(13)22-15)8-11(2)18(20)21/h3-7,9,11H,8H2,1-2H3. The molecule has 0 aliphatic rings. The SMILES string of the molecule is Cc1ccc2sc3cc(CC(C)[N+](=O)[O-])ccc3c(=O)c2c1. The summed E-state index contributed by atoms with van der Waals surface area (Å²) in [6.07, 6.45) is 0.371. The topological polar surface area (TPSA) is 60.2 Å². The number of nitrogens with zero attached hydrogens (tertiary/aromatic N) is 1. The maximum Gasteiger partial charge on any atom is 0.214 e. The Balaban J connectivity index is 2.17. The van der Waals surface area contributed by atoms with Crippen LogP contribution in [0.2, 0.25) is 0 Å². The van der Waals surface area contributed by atoms with Gasteiger partial charge in [0.05, 0.1) is 0 Å². The Morgan fingerprint density at radius 3 is 2.64 bits per heavy atom. The number of aryl methyl sites for hydroxylation is 1. The molecule has 0 saturated carbocycles. The molecular formula is C17H15NO3S. The van der Waals surface area contributed by atoms with Crippen LogP contribution in [0.4, 0.5) is 0 Å². The second kappa shape index (κ2) is 5.50. The lowest BCUT2D eigenvalue weighted by atomic mass is 10.1. The summed E-state index contributed by atoms with van der Waals surface area (Å²) in [6.45, 7) is 3.56. The molecule has 0 radical (unpaired) electrons. The first-order valence-corrected chi connectivity index (χ1v) is 7.87. The summed E-state index contributed by atoms with van der Waals surface area (Å²) in [5.74, 6) is 0. The predicted octanol–water partition coefficient (Wildman–Crippen LogP) is 3.93. The quantitative estimate of drug-likeness (QED) is 0.418. The van der Waals surface area contributed by atoms with E-state index in [2.05, 4.69) is 0 Å². The maximum atomic E-state index is 12.6. The average Bonchev–Trinajstić information content (AvgIpc) is 2.48. The minimum absolute atomic E-state index is 0.0290. The van der Waals surface area contributed by atoms with Crippen LogP contribution in [0.25, 0.3) is 20.2 Å². The fourth-order valence-corrected chi connectivity index (χ4v) is 3.67. The minimum atomic E-state index is -0.628. The van der Waals surface area contributed by atoms with Crippen molar-refractivity contribution in [3.63, 3.8) is 0 Å². The van der Waals surface area contributed by atoms with Crippen molar-refractivity contribution >= 4 is 31.5 Å². The fraction of sp³-hybridized carbons (Fsp3) is 0.235. The molecule has 1 aromatic heterocycles. The van der Waals surface area contributed by atoms with Crippen molar-refractivity contribution in [2.45, 2.75) is 26.3 Å². The maximum absolute atomic E-state index is 12.6. The number of hydrogen-bond acceptors (Lipinski definition) is 4. The second-order valence-electron chi connectivity index (χ2n) is 5.60. The molecule has 4 nitrogen and oxygen atoms in total. The van der Waals surface area contributed by atoms with Gasteiger partial charge in [0.2, 0.25) is 6.04 Å². The van der Waals surface area contributed by atoms with Gasteiger partial charge in [0.1, 0.15) is 0 Å². The van der Waals surface area contributed by atoms with Crippen molar-refractivity contribution < 1.29 is 4.92 Å². The molecule has 1 heterocycles. The van der Waals surface area contributed by atoms with Gasteiger partial charge in [-0.1, -0.05) is 17.7 Å². The van der Waals surface area contributed by atoms with Gasteiger partial charge in [-0.3, -0.25) is 14.9 Å². The molecule has 0 amide bonds. The van der Waals surface area contributed by atoms with E-state index in [1.165, 1.54) is 0 Å². The van der Waals surface area contributed by atoms with Crippen LogP contribution in [0.15, 0.2) is 41.2 Å². The lowest BCUT2D eigenvalue weighted by molar-refractivity contribution is -0.517. The lowest BCUT2D eigenvalue weighted by Gasteiger charge is -2.06. The van der Waals surface area contributed by atoms with Crippen LogP contribution in [0.3, 0.4) is 0 Å². The zero-order valence-corrected chi connectivity index (χ0v) is 13.1. The Hall–Kier alpha value is -2.27. The van der Waals surface area contributed by atoms with Crippen LogP contribution < -0.4 is 5.43 Å². The van der Waals surface area contributed by atoms with E-state index in [-0.39, 0.29) is 10.4 Å². The van der Waals surface area contributed by atoms with E-state index >= 15 is 0 Å². The number of rotatable bonds is 3. The zero-order valence-electron chi connectivity index (χ0n) is 12.3. The molecule has 0 saturated heterocycles. The normalized spacial score (nSPS) is 12.6. The van der Waals surface area contributed by atoms with Crippen LogP contribution in [-0.4, -0.2) is 11.0 Å². The summed E-state index contributed by atoms with van der Waals surface area (Å²) < 4.78 is 1.83. The van der Waals surface area contributed by atoms with E-state index in [4.69, 9.17) is 0 Å². The van der Waals surface area contributed by atoms with E-state index in [9.17, 15) is 14.9 Å². The Morgan fingerprint density at radius 1 is 1.14 bits per heavy atom. The third-order valence-electron chi connectivity index (χ3n) is 3.78. The van der Waals surface area contributed by atoms with Gasteiger partial charge in [0, 0.05) is 38.4 Å². The average molecular weight is 313 g/mol. The van der Waals surface area contributed by atoms with Crippen LogP contribution in [-0.2, 0) is 6.42 Å². The van der Waals surface area contributed by atoms with Gasteiger partial charge in [-0.2, -0.15) is 0 Å². The van der Waals surface area contributed by atoms with Crippen molar-refractivity contribution in [2.75, 3.05) is 0 Å². The van der Waals surface area contributed by atoms with E-state index in [1.54, 1.807) is 24.3 Å². The highest BCUT2D eigenvalue weighted by molar-refractivity contribution is 7.24. The number of fused-ring (bicyclic) bond motifs is 2. The Kier molecular flexibility index (Phi) is 3.66. The van der Waals surface area contributed by atoms with Gasteiger partial charge < -0.3 is 0 Å². The molecule has 0 aliphatic carbocycles. The van der Waals surface area contributed by atoms with Crippen molar-refractivity contribution in [1.82, 2.24) is 0 Å². The molecule has 1 atom stereocenters. The molecule has 2 aromatic carbocycles. The van der Waals surface area contributed by atoms with Crippen molar-refractivity contribution in [1.29, 1.82) is 0 Å². The molecule has 112 valence electrons. The van der Waals surface area contributed by atoms with Crippen LogP contribution >= 0.6 is 11.3 Å². The molecule has 3 rings (SSSR count). The third kappa shape index (κ3) is 2.60. The minimum Gasteiger partial charge on any atom is -0.289 e. The monoisotopic (exact) mass is 313 g/mol. The van der Waals surface area contributed by atoms with Crippen LogP contribution in [0.5, 0.6) is 0 Å². The summed E-state index contributed by atoms with van der Waals surface area (Å²) in [4.78, 5) is 23.1. The first-order chi connectivity index (χ1) is 10.5. The number of benzene rings is 2. The fourth-order valence-electron chi connectivity index (χ4n) is 2.56. The first-order valence-electron chi connectivity index (χ1n) is 7.05. The van der Waals surface area contributed by atoms with Gasteiger partial charge >= 0.3 is 0 Å². The van der Waals surface area contributed by atoms with Gasteiger partial charge in [-0.15, -0.1) is 11.3 Å². The predicted molar refractivity (Wildman–Crippen MR) is 90.5 cm³/mol. The van der Waals surface area contributed by atoms with Crippen molar-refractivity contribution in [3.05, 3.63) is 67.9 Å². The first kappa shape index (κ1) is 14.7. The van der Waals surface area contributed by atoms with E-state index in [0.29, 0.717) is 11.8 Å². The molecule has 5 heteroatoms. The Morgan fingerprint density at radius 2 is 1.91 bits per heavy atom. The second-order valence-corrected chi connectivity index (χ2v) is 6.68. The third-order valence-corrected chi connectivity index (χ3v) is 4.91. The molecule has 1 unspecified atom stereocenters. The van der Waals surface area contributed by atoms with E-state index in [1.807, 2.05) is 37.3 Å². The van der Waals surface area contributed by atoms with Crippen molar-refractivity contribution in [3.8, 4) is 0 Å². The summed E-state index contributed by atoms with van der Waals surface area (Å²) in [7, 11) is 0. The highest BCUT2D eigenvalue weighted by Crippen LogP contribution is 2.26. The largest absolute Gasteiger partial charge is 0.289 e. The smallest absolute Gasteiger partial charge is 0.214 e. The number of nitro groups is 1. The lowest BCUT2D eigenvalue weighted by Crippen LogP contribution is -2.17. The van der Waals surface area contributed by atoms with Crippen LogP contribution in [0, 0.1) is 17.0 Å². The highest BCUT2D eigenvalue weighted by Gasteiger charge is 2.14. The van der Waals surface area contributed by atoms with Crippen molar-refractivity contribution in [2.24, 2.45) is 0 Å². The van der Waals surface area contributed by atoms with E-state index < -0.39 is 6.04 Å². The molecule has 3 aromatic rings. The van der Waals surface area contributed by atoms with Gasteiger partial charge in [-0.05, 0) is 36.8 Å². The summed E-state index contributed by atoms with van der Waals surface area (Å²) in [5.41, 5.74) is 1.98. The van der Waals surface area contributed by atoms with Gasteiger partial charge in [0.15, 0.2) is 5.43 Å². The Labute approximate surface area is 131 Å². The molecule has 22 heavy (non-hydrogen) atoms. The highest BCUT2D eigenvalue weighted by atomic mass is 32.1. The molecule has 0 spiro atoms. The van der Waals surface area contributed by atoms with E-state index in [0.717, 1.165) is 25.9 Å². The summed E-state index contributed by atoms with van der Waals surface area (Å²) in [6, 6.07) is 10.7. The summed E-state index contributed by atoms with van der Waals surface area (Å²) >= 11 is 1.55. The molecule has 0 bridgehead atoms. The van der Waals surface area contributed by atoms with Crippen LogP contribution in [0.1, 0.15) is 18.1 Å². The molecule has 0 fully saturated rings. The molecule has 0 N–H and O–H groups in total.